The molecule has 766 valence electrons. The van der Waals surface area contributed by atoms with Gasteiger partial charge in [0.05, 0.1) is 66.1 Å². The number of hydrogen-bond donors (Lipinski definition) is 9. The molecule has 21 aliphatic rings. The van der Waals surface area contributed by atoms with E-state index in [0.29, 0.717) is 0 Å². The predicted molar refractivity (Wildman–Crippen MR) is 393 cm³/mol. The van der Waals surface area contributed by atoms with Crippen molar-refractivity contribution < 1.29 is 547 Å². The van der Waals surface area contributed by atoms with E-state index < -0.39 is 375 Å². The van der Waals surface area contributed by atoms with Crippen LogP contribution in [-0.4, -0.2) is 424 Å². The van der Waals surface area contributed by atoms with Crippen molar-refractivity contribution in [2.45, 2.75) is 235 Å². The van der Waals surface area contributed by atoms with Crippen LogP contribution in [0.5, 0.6) is 0 Å². The van der Waals surface area contributed by atoms with Crippen molar-refractivity contribution in [3.63, 3.8) is 0 Å². The molecule has 0 aromatic heterocycles. The molecule has 0 amide bonds. The number of rotatable bonds is 34. The second kappa shape index (κ2) is 62.1. The number of aliphatic hydroxyl groups is 9. The molecule has 14 bridgehead atoms. The summed E-state index contributed by atoms with van der Waals surface area (Å²) in [5.41, 5.74) is 0.0907. The molecule has 9 N–H and O–H groups in total. The van der Waals surface area contributed by atoms with Gasteiger partial charge < -0.3 is 167 Å². The third-order valence-electron chi connectivity index (χ3n) is 20.4. The Morgan fingerprint density at radius 2 is 0.371 bits per heavy atom. The first-order valence-corrected chi connectivity index (χ1v) is 50.0. The molecule has 0 spiro atoms. The summed E-state index contributed by atoms with van der Waals surface area (Å²) in [5, 5.41) is 111. The monoisotopic (exact) mass is 2320 g/mol. The van der Waals surface area contributed by atoms with Crippen molar-refractivity contribution in [2.75, 3.05) is 46.2 Å². The molecule has 0 saturated carbocycles. The Hall–Kier alpha value is 4.45. The van der Waals surface area contributed by atoms with Gasteiger partial charge in [-0.05, 0) is 16.7 Å². The summed E-state index contributed by atoms with van der Waals surface area (Å²) in [6.45, 7) is -15.9. The topological polar surface area (TPSA) is 937 Å². The van der Waals surface area contributed by atoms with Gasteiger partial charge in [0.1, 0.15) is 171 Å². The average molecular weight is 2320 g/mol. The van der Waals surface area contributed by atoms with Gasteiger partial charge in [-0.1, -0.05) is 91.0 Å². The average Bonchev–Trinajstić information content (AvgIpc) is 0.855. The van der Waals surface area contributed by atoms with Gasteiger partial charge >= 0.3 is 266 Å². The molecule has 21 fully saturated rings. The maximum Gasteiger partial charge on any atom is 1.00 e. The smallest absolute Gasteiger partial charge is 0.726 e. The summed E-state index contributed by atoms with van der Waals surface area (Å²) in [6, 6.07) is 20.0. The van der Waals surface area contributed by atoms with Gasteiger partial charge in [-0.2, -0.15) is 0 Å². The van der Waals surface area contributed by atoms with Crippen LogP contribution >= 0.6 is 0 Å². The minimum atomic E-state index is -6.52. The van der Waals surface area contributed by atoms with Crippen LogP contribution in [0.3, 0.4) is 0 Å². The normalized spacial score (nSPS) is 35.5. The third-order valence-corrected chi connectivity index (χ3v) is 24.2. The molecule has 0 radical (unpaired) electrons. The fourth-order valence-corrected chi connectivity index (χ4v) is 17.7. The van der Waals surface area contributed by atoms with Crippen LogP contribution in [-0.2, 0) is 232 Å². The van der Waals surface area contributed by atoms with Gasteiger partial charge in [0, 0.05) is 0 Å². The molecule has 80 heteroatoms. The third kappa shape index (κ3) is 44.0. The molecule has 0 aliphatic carbocycles. The largest absolute Gasteiger partial charge is 1.00 e. The van der Waals surface area contributed by atoms with Gasteiger partial charge in [-0.25, -0.2) is 75.8 Å². The van der Waals surface area contributed by atoms with Crippen molar-refractivity contribution in [2.24, 2.45) is 0 Å². The fraction of sp³-hybridized carbons (Fsp3) is 0.714. The first-order valence-electron chi connectivity index (χ1n) is 38.0. The van der Waals surface area contributed by atoms with Crippen molar-refractivity contribution in [1.82, 2.24) is 0 Å². The van der Waals surface area contributed by atoms with Crippen molar-refractivity contribution in [1.29, 1.82) is 0 Å². The van der Waals surface area contributed by atoms with Crippen LogP contribution in [0.2, 0.25) is 0 Å². The van der Waals surface area contributed by atoms with Crippen LogP contribution in [0.4, 0.5) is 0 Å². The summed E-state index contributed by atoms with van der Waals surface area (Å²) in [6.07, 6.45) is -100. The van der Waals surface area contributed by atoms with Crippen LogP contribution in [0.1, 0.15) is 16.7 Å². The Morgan fingerprint density at radius 1 is 0.203 bits per heavy atom. The van der Waals surface area contributed by atoms with E-state index in [2.05, 4.69) is 29.3 Å². The Labute approximate surface area is 1010 Å². The van der Waals surface area contributed by atoms with Crippen LogP contribution < -0.4 is 266 Å². The van der Waals surface area contributed by atoms with Gasteiger partial charge in [0.25, 0.3) is 0 Å². The van der Waals surface area contributed by atoms with E-state index in [4.69, 9.17) is 88.9 Å². The van der Waals surface area contributed by atoms with E-state index in [0.717, 1.165) is 0 Å². The molecule has 21 aliphatic heterocycles. The molecule has 35 atom stereocenters. The predicted octanol–water partition coefficient (Wildman–Crippen LogP) is -40.2. The number of benzene rings is 3. The molecule has 2 unspecified atom stereocenters. The number of ether oxygens (including phenoxy) is 17. The molecule has 3 aromatic carbocycles. The van der Waals surface area contributed by atoms with E-state index in [-0.39, 0.29) is 283 Å². The Bertz CT molecular complexity index is 5390. The second-order valence-electron chi connectivity index (χ2n) is 29.5. The van der Waals surface area contributed by atoms with Crippen molar-refractivity contribution >= 4 is 93.6 Å². The molecule has 62 nitrogen and oxygen atoms in total. The van der Waals surface area contributed by atoms with E-state index in [9.17, 15) is 163 Å². The summed E-state index contributed by atoms with van der Waals surface area (Å²) in [7, 11) is -55.9. The zero-order chi connectivity index (χ0) is 98.5. The SMILES string of the molecule is O=S(=O)([O-])OC[C@@H]1O[C@@H]2O[C@H]3[C@H](OS(=O)(=O)[O-])[C@H](OCc4ccccc4)C(O[C@H]4[C@H](O)[C@H](O)C(O[C@H]5[C@H](O)[C@H](OCc6ccccc6)[C@@H](O[C@H]6[C@H](O)[C@H](O)[C@@H](O[C@H]7[C@H](OS(=O)(=O)[O-])[C@H](OCc8ccccc8)[C@@H](O[C@H]8[C@H](O)[C@H](O)[C@@H](O[C@H]1[C@H](O)[C@@H]2O)O[C@H]8COS(=O)(=O)[O-])O[C@H]7COS(=O)(=O)[O-])O[C@H]6COS(=O)(=O)[O-])O[C@H]5COS(=O)(=O)[O-])O[C@H]4COS(=O)(=O)[O-])O[C@H]3COS(=O)(=O)[O-].[Na+].[Na+].[Na+].[Na+].[Na+].[Na+].[Na+].[Na+].[Na+]. The summed E-state index contributed by atoms with van der Waals surface area (Å²) < 4.78 is 480. The van der Waals surface area contributed by atoms with E-state index in [1.54, 1.807) is 0 Å². The minimum absolute atomic E-state index is 0. The van der Waals surface area contributed by atoms with Gasteiger partial charge in [-0.15, -0.1) is 0 Å². The van der Waals surface area contributed by atoms with E-state index >= 15 is 0 Å². The maximum atomic E-state index is 13.2. The van der Waals surface area contributed by atoms with E-state index in [1.807, 2.05) is 0 Å². The summed E-state index contributed by atoms with van der Waals surface area (Å²) in [5.74, 6) is 0. The van der Waals surface area contributed by atoms with Crippen molar-refractivity contribution in [3.8, 4) is 0 Å². The zero-order valence-corrected chi connectivity index (χ0v) is 101. The second-order valence-corrected chi connectivity index (χ2v) is 38.9. The first-order chi connectivity index (χ1) is 62.2. The van der Waals surface area contributed by atoms with Crippen LogP contribution in [0, 0.1) is 0 Å². The number of aliphatic hydroxyl groups excluding tert-OH is 9. The summed E-state index contributed by atoms with van der Waals surface area (Å²) in [4.78, 5) is 0. The molecular formula is C63H79Na9O62S9. The molecule has 143 heavy (non-hydrogen) atoms. The Morgan fingerprint density at radius 3 is 0.573 bits per heavy atom. The van der Waals surface area contributed by atoms with Gasteiger partial charge in [0.2, 0.25) is 93.6 Å². The van der Waals surface area contributed by atoms with Gasteiger partial charge in [-0.3, -0.25) is 37.6 Å². The molecule has 21 heterocycles. The molecular weight excluding hydrogens is 2240 g/mol. The first kappa shape index (κ1) is 144. The minimum Gasteiger partial charge on any atom is -0.726 e. The number of hydrogen-bond acceptors (Lipinski definition) is 62. The Balaban J connectivity index is 0.00000768. The molecule has 24 rings (SSSR count). The Kier molecular flexibility index (Phi) is 62.3. The standard InChI is InChI=1S/C63H88O62S9.9Na/c64-36-42(70)59-112-29(19-103-126(73,74)75)45(36)117-57-40(68)37(65)47(31(110-57)21-105-128(79,80)81)120-62-56(102-18-28-14-8-3-9-15-28)54(125-134(97,98)99)51(35(116-62)25-109-132(91,92)93)123-60-43(71)39(67)46(30(113-60)20-104-127(76,77)78)119-61-52(100-16-26-10-4-1-5-11-26)44(72)49(33(114-61)23-107-130(85,86)87)118-58-41(69)38(66)48(32(111-58)22-106-129(82,83)84)121-63-55(101-17-27-12-6-2-7-13-27)53(124-133(94,95)96)50(122-59)34(115-63)24-108-131(88,89)90;;;;;;;;;/h1-15,29-72H,16-25H2,(H,73,74,75)(H,76,77,78)(H,79,80,81)(H,82,83,84)(H,85,86,87)(H,88,89,90)(H,91,92,93)(H,94,95,96)(H,97,98,99);;;;;;;;;/q;9*+1/p-9/t29-,30-,31-,32-,33-,34-,35-,36+,37+,38+,39+,40-,41-,42-,43-,44-,45+,46+,47+,48+,49+,50+,51+,52-,53-,54-,55-,56-,57+,58?,59+,60+,61+,62+,63?;;;;;;;;;/m0........./s1. The van der Waals surface area contributed by atoms with Crippen LogP contribution in [0.15, 0.2) is 91.0 Å². The fourth-order valence-electron chi connectivity index (χ4n) is 14.6. The zero-order valence-electron chi connectivity index (χ0n) is 75.8. The quantitative estimate of drug-likeness (QED) is 0.0152. The maximum absolute atomic E-state index is 13.2. The van der Waals surface area contributed by atoms with Crippen LogP contribution in [0.25, 0.3) is 0 Å². The summed E-state index contributed by atoms with van der Waals surface area (Å²) >= 11 is 0. The van der Waals surface area contributed by atoms with E-state index in [1.165, 1.54) is 91.0 Å². The van der Waals surface area contributed by atoms with Gasteiger partial charge in [0.15, 0.2) is 44.0 Å². The molecule has 3 aromatic rings. The molecule has 21 saturated heterocycles. The van der Waals surface area contributed by atoms with Crippen molar-refractivity contribution in [3.05, 3.63) is 108 Å².